The minimum Gasteiger partial charge on any atom is -0.336 e. The van der Waals surface area contributed by atoms with E-state index in [1.807, 2.05) is 0 Å². The van der Waals surface area contributed by atoms with E-state index >= 15 is 0 Å². The highest BCUT2D eigenvalue weighted by atomic mass is 19.1. The van der Waals surface area contributed by atoms with Gasteiger partial charge in [-0.05, 0) is 12.5 Å². The van der Waals surface area contributed by atoms with Crippen molar-refractivity contribution in [1.29, 1.82) is 0 Å². The molecule has 2 fully saturated rings. The second-order valence-corrected chi connectivity index (χ2v) is 4.86. The zero-order chi connectivity index (χ0) is 14.3. The molecule has 2 N–H and O–H groups in total. The SMILES string of the molecule is O=C1NC(=O)C2(CCN(C(=O)c3cncc(F)c3)C2)N1. The van der Waals surface area contributed by atoms with E-state index in [2.05, 4.69) is 15.6 Å². The molecule has 2 saturated heterocycles. The van der Waals surface area contributed by atoms with Crippen LogP contribution in [0.25, 0.3) is 0 Å². The molecule has 7 nitrogen and oxygen atoms in total. The van der Waals surface area contributed by atoms with Crippen LogP contribution in [-0.4, -0.2) is 46.4 Å². The van der Waals surface area contributed by atoms with Crippen LogP contribution in [0.4, 0.5) is 9.18 Å². The lowest BCUT2D eigenvalue weighted by Crippen LogP contribution is -2.49. The van der Waals surface area contributed by atoms with Crippen molar-refractivity contribution in [3.05, 3.63) is 29.8 Å². The molecule has 1 unspecified atom stereocenters. The van der Waals surface area contributed by atoms with Gasteiger partial charge in [0.25, 0.3) is 11.8 Å². The highest BCUT2D eigenvalue weighted by Gasteiger charge is 2.51. The first-order valence-corrected chi connectivity index (χ1v) is 6.04. The molecule has 4 amide bonds. The molecule has 2 aliphatic heterocycles. The van der Waals surface area contributed by atoms with Crippen LogP contribution in [0.5, 0.6) is 0 Å². The first-order chi connectivity index (χ1) is 9.50. The van der Waals surface area contributed by atoms with Gasteiger partial charge in [-0.1, -0.05) is 0 Å². The maximum Gasteiger partial charge on any atom is 0.322 e. The van der Waals surface area contributed by atoms with Crippen LogP contribution in [0.2, 0.25) is 0 Å². The molecule has 1 aromatic rings. The van der Waals surface area contributed by atoms with Gasteiger partial charge in [-0.3, -0.25) is 19.9 Å². The van der Waals surface area contributed by atoms with Crippen molar-refractivity contribution >= 4 is 17.8 Å². The summed E-state index contributed by atoms with van der Waals surface area (Å²) in [6.07, 6.45) is 2.61. The predicted molar refractivity (Wildman–Crippen MR) is 64.1 cm³/mol. The zero-order valence-corrected chi connectivity index (χ0v) is 10.4. The Morgan fingerprint density at radius 1 is 1.40 bits per heavy atom. The molecule has 20 heavy (non-hydrogen) atoms. The topological polar surface area (TPSA) is 91.4 Å². The van der Waals surface area contributed by atoms with Crippen molar-refractivity contribution in [3.63, 3.8) is 0 Å². The lowest BCUT2D eigenvalue weighted by atomic mass is 9.99. The number of amides is 4. The number of nitrogens with zero attached hydrogens (tertiary/aromatic N) is 2. The van der Waals surface area contributed by atoms with Gasteiger partial charge < -0.3 is 10.2 Å². The van der Waals surface area contributed by atoms with Crippen molar-refractivity contribution in [2.24, 2.45) is 0 Å². The lowest BCUT2D eigenvalue weighted by Gasteiger charge is -2.21. The highest BCUT2D eigenvalue weighted by Crippen LogP contribution is 2.25. The third kappa shape index (κ3) is 1.89. The van der Waals surface area contributed by atoms with E-state index in [0.717, 1.165) is 12.3 Å². The van der Waals surface area contributed by atoms with Gasteiger partial charge in [0.15, 0.2) is 0 Å². The number of carbonyl (C=O) groups excluding carboxylic acids is 3. The molecular weight excluding hydrogens is 267 g/mol. The van der Waals surface area contributed by atoms with Crippen molar-refractivity contribution in [2.45, 2.75) is 12.0 Å². The Kier molecular flexibility index (Phi) is 2.66. The fraction of sp³-hybridized carbons (Fsp3) is 0.333. The normalized spacial score (nSPS) is 24.9. The van der Waals surface area contributed by atoms with Gasteiger partial charge in [-0.25, -0.2) is 9.18 Å². The Morgan fingerprint density at radius 3 is 2.85 bits per heavy atom. The Balaban J connectivity index is 1.79. The molecule has 2 aliphatic rings. The highest BCUT2D eigenvalue weighted by molar-refractivity contribution is 6.08. The van der Waals surface area contributed by atoms with E-state index in [4.69, 9.17) is 0 Å². The number of imide groups is 1. The smallest absolute Gasteiger partial charge is 0.322 e. The first-order valence-electron chi connectivity index (χ1n) is 6.04. The molecular formula is C12H11FN4O3. The van der Waals surface area contributed by atoms with Crippen molar-refractivity contribution in [1.82, 2.24) is 20.5 Å². The molecule has 3 heterocycles. The van der Waals surface area contributed by atoms with E-state index in [-0.39, 0.29) is 12.1 Å². The largest absolute Gasteiger partial charge is 0.336 e. The fourth-order valence-electron chi connectivity index (χ4n) is 2.51. The zero-order valence-electron chi connectivity index (χ0n) is 10.4. The monoisotopic (exact) mass is 278 g/mol. The number of urea groups is 1. The number of pyridine rings is 1. The molecule has 1 aromatic heterocycles. The summed E-state index contributed by atoms with van der Waals surface area (Å²) in [4.78, 5) is 40.2. The molecule has 0 radical (unpaired) electrons. The van der Waals surface area contributed by atoms with Gasteiger partial charge in [0.2, 0.25) is 0 Å². The summed E-state index contributed by atoms with van der Waals surface area (Å²) in [7, 11) is 0. The Hall–Kier alpha value is -2.51. The van der Waals surface area contributed by atoms with Gasteiger partial charge in [0, 0.05) is 12.7 Å². The van der Waals surface area contributed by atoms with Gasteiger partial charge in [-0.2, -0.15) is 0 Å². The van der Waals surface area contributed by atoms with Crippen molar-refractivity contribution < 1.29 is 18.8 Å². The Labute approximate surface area is 113 Å². The minimum absolute atomic E-state index is 0.0694. The Morgan fingerprint density at radius 2 is 2.20 bits per heavy atom. The quantitative estimate of drug-likeness (QED) is 0.687. The van der Waals surface area contributed by atoms with Crippen LogP contribution >= 0.6 is 0 Å². The summed E-state index contributed by atoms with van der Waals surface area (Å²) in [6, 6.07) is 0.532. The standard InChI is InChI=1S/C12H11FN4O3/c13-8-3-7(4-14-5-8)9(18)17-2-1-12(6-17)10(19)15-11(20)16-12/h3-5H,1-2,6H2,(H2,15,16,19,20). The van der Waals surface area contributed by atoms with E-state index in [9.17, 15) is 18.8 Å². The number of likely N-dealkylation sites (tertiary alicyclic amines) is 1. The lowest BCUT2D eigenvalue weighted by molar-refractivity contribution is -0.123. The Bertz CT molecular complexity index is 620. The molecule has 3 rings (SSSR count). The second-order valence-electron chi connectivity index (χ2n) is 4.86. The number of hydrogen-bond donors (Lipinski definition) is 2. The number of aromatic nitrogens is 1. The van der Waals surface area contributed by atoms with Gasteiger partial charge in [0.1, 0.15) is 11.4 Å². The molecule has 0 aromatic carbocycles. The summed E-state index contributed by atoms with van der Waals surface area (Å²) in [5.74, 6) is -1.45. The molecule has 1 spiro atoms. The summed E-state index contributed by atoms with van der Waals surface area (Å²) < 4.78 is 13.1. The molecule has 0 aliphatic carbocycles. The molecule has 104 valence electrons. The second kappa shape index (κ2) is 4.26. The fourth-order valence-corrected chi connectivity index (χ4v) is 2.51. The van der Waals surface area contributed by atoms with Crippen LogP contribution in [0.15, 0.2) is 18.5 Å². The predicted octanol–water partition coefficient (Wildman–Crippen LogP) is -0.355. The van der Waals surface area contributed by atoms with Crippen molar-refractivity contribution in [3.8, 4) is 0 Å². The van der Waals surface area contributed by atoms with Gasteiger partial charge in [0.05, 0.1) is 18.3 Å². The van der Waals surface area contributed by atoms with Gasteiger partial charge in [-0.15, -0.1) is 0 Å². The van der Waals surface area contributed by atoms with Crippen LogP contribution in [-0.2, 0) is 4.79 Å². The van der Waals surface area contributed by atoms with E-state index < -0.39 is 29.2 Å². The summed E-state index contributed by atoms with van der Waals surface area (Å²) in [5, 5.41) is 4.70. The van der Waals surface area contributed by atoms with Crippen LogP contribution in [0.3, 0.4) is 0 Å². The number of hydrogen-bond acceptors (Lipinski definition) is 4. The molecule has 1 atom stereocenters. The van der Waals surface area contributed by atoms with E-state index in [0.29, 0.717) is 13.0 Å². The molecule has 8 heteroatoms. The number of nitrogens with one attached hydrogen (secondary N) is 2. The number of carbonyl (C=O) groups is 3. The number of halogens is 1. The van der Waals surface area contributed by atoms with Gasteiger partial charge >= 0.3 is 6.03 Å². The molecule has 0 bridgehead atoms. The average Bonchev–Trinajstić information content (AvgIpc) is 2.94. The summed E-state index contributed by atoms with van der Waals surface area (Å²) in [6.45, 7) is 0.378. The average molecular weight is 278 g/mol. The van der Waals surface area contributed by atoms with Crippen LogP contribution < -0.4 is 10.6 Å². The first kappa shape index (κ1) is 12.5. The summed E-state index contributed by atoms with van der Waals surface area (Å²) in [5.41, 5.74) is -0.945. The van der Waals surface area contributed by atoms with Crippen LogP contribution in [0.1, 0.15) is 16.8 Å². The summed E-state index contributed by atoms with van der Waals surface area (Å²) >= 11 is 0. The maximum absolute atomic E-state index is 13.1. The number of rotatable bonds is 1. The van der Waals surface area contributed by atoms with E-state index in [1.54, 1.807) is 0 Å². The van der Waals surface area contributed by atoms with Crippen LogP contribution in [0, 0.1) is 5.82 Å². The molecule has 0 saturated carbocycles. The van der Waals surface area contributed by atoms with E-state index in [1.165, 1.54) is 11.1 Å². The maximum atomic E-state index is 13.1. The van der Waals surface area contributed by atoms with Crippen molar-refractivity contribution in [2.75, 3.05) is 13.1 Å². The third-order valence-electron chi connectivity index (χ3n) is 3.52. The third-order valence-corrected chi connectivity index (χ3v) is 3.52. The minimum atomic E-state index is -1.06.